The maximum atomic E-state index is 9.55. The number of hydrogen-bond donors (Lipinski definition) is 4. The van der Waals surface area contributed by atoms with Crippen molar-refractivity contribution in [3.8, 4) is 18.1 Å². The van der Waals surface area contributed by atoms with Crippen molar-refractivity contribution in [2.24, 2.45) is 0 Å². The molecule has 1 aliphatic rings. The monoisotopic (exact) mass is 308 g/mol. The molecule has 1 saturated heterocycles. The molecule has 122 valence electrons. The third-order valence-electron chi connectivity index (χ3n) is 2.63. The lowest BCUT2D eigenvalue weighted by Gasteiger charge is -1.97. The number of ether oxygens (including phenoxy) is 1. The molecule has 2 rings (SSSR count). The van der Waals surface area contributed by atoms with Crippen molar-refractivity contribution < 1.29 is 19.7 Å². The van der Waals surface area contributed by atoms with Gasteiger partial charge in [0.1, 0.15) is 5.75 Å². The highest BCUT2D eigenvalue weighted by molar-refractivity contribution is 5.64. The topological polar surface area (TPSA) is 90.8 Å². The van der Waals surface area contributed by atoms with Crippen LogP contribution in [-0.2, 0) is 0 Å². The number of aryl methyl sites for hydroxylation is 1. The maximum Gasteiger partial charge on any atom is 0.405 e. The van der Waals surface area contributed by atoms with E-state index < -0.39 is 6.09 Å². The van der Waals surface area contributed by atoms with Crippen LogP contribution in [-0.4, -0.2) is 49.2 Å². The highest BCUT2D eigenvalue weighted by Crippen LogP contribution is 2.09. The Morgan fingerprint density at radius 3 is 2.41 bits per heavy atom. The van der Waals surface area contributed by atoms with E-state index in [1.54, 1.807) is 7.11 Å². The molecule has 6 heteroatoms. The smallest absolute Gasteiger partial charge is 0.405 e. The van der Waals surface area contributed by atoms with Crippen LogP contribution in [0.1, 0.15) is 12.0 Å². The highest BCUT2D eigenvalue weighted by Gasteiger charge is 2.08. The molecular formula is C16H24N2O4. The summed E-state index contributed by atoms with van der Waals surface area (Å²) in [6, 6.07) is 7.96. The van der Waals surface area contributed by atoms with Crippen molar-refractivity contribution in [3.63, 3.8) is 0 Å². The van der Waals surface area contributed by atoms with Crippen molar-refractivity contribution in [3.05, 3.63) is 29.8 Å². The third kappa shape index (κ3) is 11.6. The molecular weight excluding hydrogens is 284 g/mol. The van der Waals surface area contributed by atoms with Gasteiger partial charge in [0, 0.05) is 6.54 Å². The summed E-state index contributed by atoms with van der Waals surface area (Å²) in [5.41, 5.74) is 1.26. The first-order valence-electron chi connectivity index (χ1n) is 6.89. The summed E-state index contributed by atoms with van der Waals surface area (Å²) >= 11 is 0. The summed E-state index contributed by atoms with van der Waals surface area (Å²) < 4.78 is 4.97. The van der Waals surface area contributed by atoms with Crippen LogP contribution in [0.4, 0.5) is 4.79 Å². The maximum absolute atomic E-state index is 9.55. The van der Waals surface area contributed by atoms with Crippen LogP contribution in [0.5, 0.6) is 5.75 Å². The Bertz CT molecular complexity index is 448. The minimum atomic E-state index is -1.09. The van der Waals surface area contributed by atoms with E-state index in [0.29, 0.717) is 0 Å². The molecule has 1 unspecified atom stereocenters. The van der Waals surface area contributed by atoms with Gasteiger partial charge in [-0.3, -0.25) is 0 Å². The molecule has 1 aromatic rings. The molecule has 1 amide bonds. The van der Waals surface area contributed by atoms with E-state index in [4.69, 9.17) is 21.4 Å². The summed E-state index contributed by atoms with van der Waals surface area (Å²) in [7, 11) is 1.67. The number of nitrogens with one attached hydrogen (secondary N) is 2. The van der Waals surface area contributed by atoms with Gasteiger partial charge in [0.2, 0.25) is 0 Å². The lowest BCUT2D eigenvalue weighted by atomic mass is 10.2. The van der Waals surface area contributed by atoms with Crippen LogP contribution in [0.25, 0.3) is 0 Å². The standard InChI is InChI=1S/C8H10O.C4H5NO2.C4H9NO/c1-7-3-5-8(9-2)6-4-7;1-2-3-5-4(6)7;6-4-1-2-5-3-4/h3-6H,1-2H3;1,5H,3H2,(H,6,7);4-6H,1-3H2. The number of carbonyl (C=O) groups is 1. The zero-order valence-corrected chi connectivity index (χ0v) is 13.0. The zero-order chi connectivity index (χ0) is 16.8. The molecule has 1 aliphatic heterocycles. The number of rotatable bonds is 2. The molecule has 1 atom stereocenters. The SMILES string of the molecule is C#CCNC(=O)O.COc1ccc(C)cc1.OC1CCNC1. The fraction of sp³-hybridized carbons (Fsp3) is 0.438. The minimum Gasteiger partial charge on any atom is -0.497 e. The van der Waals surface area contributed by atoms with Gasteiger partial charge in [-0.2, -0.15) is 0 Å². The van der Waals surface area contributed by atoms with Crippen molar-refractivity contribution in [2.75, 3.05) is 26.7 Å². The van der Waals surface area contributed by atoms with Crippen LogP contribution in [0.2, 0.25) is 0 Å². The van der Waals surface area contributed by atoms with Crippen LogP contribution >= 0.6 is 0 Å². The lowest BCUT2D eigenvalue weighted by molar-refractivity contribution is 0.195. The number of methoxy groups -OCH3 is 1. The van der Waals surface area contributed by atoms with E-state index in [1.807, 2.05) is 29.6 Å². The van der Waals surface area contributed by atoms with Crippen LogP contribution in [0.3, 0.4) is 0 Å². The van der Waals surface area contributed by atoms with Gasteiger partial charge in [0.25, 0.3) is 0 Å². The van der Waals surface area contributed by atoms with Crippen molar-refractivity contribution in [1.29, 1.82) is 0 Å². The largest absolute Gasteiger partial charge is 0.497 e. The number of carboxylic acid groups (broad SMARTS) is 1. The zero-order valence-electron chi connectivity index (χ0n) is 13.0. The van der Waals surface area contributed by atoms with Gasteiger partial charge in [0.05, 0.1) is 19.8 Å². The van der Waals surface area contributed by atoms with E-state index in [-0.39, 0.29) is 12.6 Å². The molecule has 1 fully saturated rings. The van der Waals surface area contributed by atoms with Crippen LogP contribution in [0.15, 0.2) is 24.3 Å². The predicted molar refractivity (Wildman–Crippen MR) is 86.1 cm³/mol. The number of aliphatic hydroxyl groups excluding tert-OH is 1. The number of benzene rings is 1. The van der Waals surface area contributed by atoms with Gasteiger partial charge >= 0.3 is 6.09 Å². The molecule has 0 aliphatic carbocycles. The second kappa shape index (κ2) is 12.5. The van der Waals surface area contributed by atoms with Crippen LogP contribution < -0.4 is 15.4 Å². The first-order chi connectivity index (χ1) is 10.5. The summed E-state index contributed by atoms with van der Waals surface area (Å²) in [5.74, 6) is 3.02. The van der Waals surface area contributed by atoms with Gasteiger partial charge in [-0.25, -0.2) is 4.79 Å². The van der Waals surface area contributed by atoms with Crippen molar-refractivity contribution >= 4 is 6.09 Å². The van der Waals surface area contributed by atoms with Gasteiger partial charge in [-0.05, 0) is 32.0 Å². The predicted octanol–water partition coefficient (Wildman–Crippen LogP) is 1.23. The highest BCUT2D eigenvalue weighted by atomic mass is 16.5. The van der Waals surface area contributed by atoms with Gasteiger partial charge in [-0.1, -0.05) is 23.6 Å². The fourth-order valence-electron chi connectivity index (χ4n) is 1.44. The Morgan fingerprint density at radius 1 is 1.50 bits per heavy atom. The van der Waals surface area contributed by atoms with Crippen molar-refractivity contribution in [1.82, 2.24) is 10.6 Å². The van der Waals surface area contributed by atoms with Gasteiger partial charge < -0.3 is 25.6 Å². The summed E-state index contributed by atoms with van der Waals surface area (Å²) in [6.07, 6.45) is 4.48. The van der Waals surface area contributed by atoms with E-state index in [2.05, 4.69) is 18.2 Å². The third-order valence-corrected chi connectivity index (χ3v) is 2.63. The molecule has 1 aromatic carbocycles. The second-order valence-electron chi connectivity index (χ2n) is 4.53. The molecule has 0 bridgehead atoms. The molecule has 6 nitrogen and oxygen atoms in total. The minimum absolute atomic E-state index is 0.0648. The number of aliphatic hydroxyl groups is 1. The lowest BCUT2D eigenvalue weighted by Crippen LogP contribution is -2.20. The normalized spacial score (nSPS) is 15.3. The van der Waals surface area contributed by atoms with E-state index in [1.165, 1.54) is 5.56 Å². The molecule has 22 heavy (non-hydrogen) atoms. The van der Waals surface area contributed by atoms with Gasteiger partial charge in [0.15, 0.2) is 0 Å². The summed E-state index contributed by atoms with van der Waals surface area (Å²) in [4.78, 5) is 9.55. The molecule has 0 spiro atoms. The first kappa shape index (κ1) is 19.8. The Hall–Kier alpha value is -2.23. The van der Waals surface area contributed by atoms with E-state index >= 15 is 0 Å². The number of hydrogen-bond acceptors (Lipinski definition) is 4. The Kier molecular flexibility index (Phi) is 11.2. The number of amides is 1. The molecule has 1 heterocycles. The average Bonchev–Trinajstić information content (AvgIpc) is 2.98. The number of terminal acetylenes is 1. The van der Waals surface area contributed by atoms with E-state index in [0.717, 1.165) is 25.3 Å². The fourth-order valence-corrected chi connectivity index (χ4v) is 1.44. The van der Waals surface area contributed by atoms with E-state index in [9.17, 15) is 4.79 Å². The molecule has 0 saturated carbocycles. The Balaban J connectivity index is 0.000000308. The number of β-amino-alcohol motifs (C(OH)–C–C–N with tert-alkyl or cyclic N) is 1. The quantitative estimate of drug-likeness (QED) is 0.617. The second-order valence-corrected chi connectivity index (χ2v) is 4.53. The summed E-state index contributed by atoms with van der Waals surface area (Å²) in [5, 5.41) is 21.5. The van der Waals surface area contributed by atoms with Crippen LogP contribution in [0, 0.1) is 19.3 Å². The Morgan fingerprint density at radius 2 is 2.14 bits per heavy atom. The van der Waals surface area contributed by atoms with Gasteiger partial charge in [-0.15, -0.1) is 6.42 Å². The first-order valence-corrected chi connectivity index (χ1v) is 6.89. The molecule has 0 radical (unpaired) electrons. The Labute approximate surface area is 131 Å². The summed E-state index contributed by atoms with van der Waals surface area (Å²) in [6.45, 7) is 3.91. The molecule has 0 aromatic heterocycles. The molecule has 4 N–H and O–H groups in total. The van der Waals surface area contributed by atoms with Crippen molar-refractivity contribution in [2.45, 2.75) is 19.4 Å². The average molecular weight is 308 g/mol.